The lowest BCUT2D eigenvalue weighted by Gasteiger charge is -2.22. The molecule has 0 atom stereocenters. The van der Waals surface area contributed by atoms with Crippen LogP contribution in [-0.2, 0) is 4.79 Å². The number of halogens is 1. The molecular formula is C23H28ClN3OS2. The Balaban J connectivity index is 1.67. The lowest BCUT2D eigenvalue weighted by molar-refractivity contribution is -0.118. The highest BCUT2D eigenvalue weighted by Crippen LogP contribution is 2.33. The first-order valence-electron chi connectivity index (χ1n) is 10.0. The number of likely N-dealkylation sites (N-methyl/N-ethyl adjacent to an activating group) is 1. The Morgan fingerprint density at radius 3 is 2.57 bits per heavy atom. The van der Waals surface area contributed by atoms with Crippen molar-refractivity contribution >= 4 is 56.0 Å². The van der Waals surface area contributed by atoms with Gasteiger partial charge in [0.25, 0.3) is 0 Å². The zero-order chi connectivity index (χ0) is 21.7. The number of fused-ring (bicyclic) bond motifs is 1. The zero-order valence-electron chi connectivity index (χ0n) is 17.9. The van der Waals surface area contributed by atoms with Crippen molar-refractivity contribution in [3.63, 3.8) is 0 Å². The summed E-state index contributed by atoms with van der Waals surface area (Å²) in [5.41, 5.74) is 3.23. The molecule has 0 saturated heterocycles. The molecule has 0 aliphatic rings. The summed E-state index contributed by atoms with van der Waals surface area (Å²) in [7, 11) is 4.03. The second kappa shape index (κ2) is 10.6. The van der Waals surface area contributed by atoms with Crippen molar-refractivity contribution in [3.8, 4) is 0 Å². The van der Waals surface area contributed by atoms with Gasteiger partial charge in [-0.15, -0.1) is 11.8 Å². The Kier molecular flexibility index (Phi) is 8.17. The lowest BCUT2D eigenvalue weighted by atomic mass is 10.2. The van der Waals surface area contributed by atoms with E-state index in [1.807, 2.05) is 38.1 Å². The van der Waals surface area contributed by atoms with Gasteiger partial charge in [0.15, 0.2) is 5.13 Å². The molecule has 0 fully saturated rings. The molecule has 30 heavy (non-hydrogen) atoms. The number of aromatic nitrogens is 1. The average Bonchev–Trinajstić information content (AvgIpc) is 3.10. The third-order valence-corrected chi connectivity index (χ3v) is 7.11. The molecule has 0 N–H and O–H groups in total. The predicted molar refractivity (Wildman–Crippen MR) is 131 cm³/mol. The van der Waals surface area contributed by atoms with Crippen LogP contribution in [0.3, 0.4) is 0 Å². The van der Waals surface area contributed by atoms with Gasteiger partial charge in [-0.05, 0) is 69.9 Å². The van der Waals surface area contributed by atoms with Crippen molar-refractivity contribution in [1.82, 2.24) is 9.88 Å². The Hall–Kier alpha value is -1.60. The highest BCUT2D eigenvalue weighted by Gasteiger charge is 2.20. The summed E-state index contributed by atoms with van der Waals surface area (Å²) in [5.74, 6) is 1.05. The predicted octanol–water partition coefficient (Wildman–Crippen LogP) is 6.03. The first-order valence-corrected chi connectivity index (χ1v) is 12.2. The minimum Gasteiger partial charge on any atom is -0.308 e. The summed E-state index contributed by atoms with van der Waals surface area (Å²) >= 11 is 9.55. The van der Waals surface area contributed by atoms with E-state index in [2.05, 4.69) is 36.1 Å². The molecule has 0 aliphatic heterocycles. The quantitative estimate of drug-likeness (QED) is 0.288. The maximum absolute atomic E-state index is 13.1. The fourth-order valence-electron chi connectivity index (χ4n) is 3.07. The smallest absolute Gasteiger partial charge is 0.228 e. The van der Waals surface area contributed by atoms with Crippen molar-refractivity contribution in [2.75, 3.05) is 37.8 Å². The van der Waals surface area contributed by atoms with Crippen LogP contribution in [0, 0.1) is 13.8 Å². The first-order chi connectivity index (χ1) is 14.3. The normalized spacial score (nSPS) is 11.4. The third kappa shape index (κ3) is 6.20. The van der Waals surface area contributed by atoms with E-state index >= 15 is 0 Å². The van der Waals surface area contributed by atoms with Crippen molar-refractivity contribution in [2.24, 2.45) is 0 Å². The van der Waals surface area contributed by atoms with Crippen LogP contribution in [0.4, 0.5) is 5.13 Å². The summed E-state index contributed by atoms with van der Waals surface area (Å²) in [4.78, 5) is 23.0. The number of carbonyl (C=O) groups excluding carboxylic acids is 1. The van der Waals surface area contributed by atoms with Gasteiger partial charge in [0.2, 0.25) is 5.91 Å². The number of thiazole rings is 1. The number of anilines is 1. The van der Waals surface area contributed by atoms with Crippen LogP contribution in [0.15, 0.2) is 41.3 Å². The number of hydrogen-bond acceptors (Lipinski definition) is 5. The molecule has 0 unspecified atom stereocenters. The number of aryl methyl sites for hydroxylation is 2. The number of rotatable bonds is 9. The molecule has 1 amide bonds. The SMILES string of the molecule is Cc1ccc(SCCCC(=O)N(CCN(C)C)c2nc3c(C)cc(Cl)cc3s2)cc1. The second-order valence-electron chi connectivity index (χ2n) is 7.68. The molecule has 0 aliphatic carbocycles. The molecule has 7 heteroatoms. The summed E-state index contributed by atoms with van der Waals surface area (Å²) in [6.07, 6.45) is 1.35. The molecule has 160 valence electrons. The molecule has 0 bridgehead atoms. The Morgan fingerprint density at radius 1 is 1.13 bits per heavy atom. The van der Waals surface area contributed by atoms with E-state index in [-0.39, 0.29) is 5.91 Å². The maximum atomic E-state index is 13.1. The van der Waals surface area contributed by atoms with Gasteiger partial charge in [-0.3, -0.25) is 9.69 Å². The second-order valence-corrected chi connectivity index (χ2v) is 10.3. The Morgan fingerprint density at radius 2 is 1.87 bits per heavy atom. The van der Waals surface area contributed by atoms with Crippen LogP contribution < -0.4 is 4.90 Å². The largest absolute Gasteiger partial charge is 0.308 e. The fourth-order valence-corrected chi connectivity index (χ4v) is 5.38. The standard InChI is InChI=1S/C23H28ClN3OS2/c1-16-7-9-19(10-8-16)29-13-5-6-21(28)27(12-11-26(3)4)23-25-22-17(2)14-18(24)15-20(22)30-23/h7-10,14-15H,5-6,11-13H2,1-4H3. The monoisotopic (exact) mass is 461 g/mol. The number of thioether (sulfide) groups is 1. The van der Waals surface area contributed by atoms with E-state index in [0.29, 0.717) is 18.0 Å². The van der Waals surface area contributed by atoms with Crippen LogP contribution in [0.1, 0.15) is 24.0 Å². The molecule has 4 nitrogen and oxygen atoms in total. The Bertz CT molecular complexity index is 1000. The van der Waals surface area contributed by atoms with E-state index in [4.69, 9.17) is 16.6 Å². The van der Waals surface area contributed by atoms with Crippen LogP contribution in [0.5, 0.6) is 0 Å². The molecule has 0 spiro atoms. The molecular weight excluding hydrogens is 434 g/mol. The number of carbonyl (C=O) groups is 1. The average molecular weight is 462 g/mol. The van der Waals surface area contributed by atoms with Crippen LogP contribution in [-0.4, -0.2) is 48.7 Å². The summed E-state index contributed by atoms with van der Waals surface area (Å²) < 4.78 is 1.02. The maximum Gasteiger partial charge on any atom is 0.228 e. The molecule has 2 aromatic carbocycles. The van der Waals surface area contributed by atoms with Crippen LogP contribution >= 0.6 is 34.7 Å². The summed E-state index contributed by atoms with van der Waals surface area (Å²) in [6.45, 7) is 5.52. The third-order valence-electron chi connectivity index (χ3n) is 4.77. The van der Waals surface area contributed by atoms with Gasteiger partial charge >= 0.3 is 0 Å². The van der Waals surface area contributed by atoms with Crippen molar-refractivity contribution in [2.45, 2.75) is 31.6 Å². The van der Waals surface area contributed by atoms with Gasteiger partial charge in [0, 0.05) is 29.4 Å². The molecule has 3 aromatic rings. The van der Waals surface area contributed by atoms with Crippen molar-refractivity contribution < 1.29 is 4.79 Å². The van der Waals surface area contributed by atoms with E-state index < -0.39 is 0 Å². The summed E-state index contributed by atoms with van der Waals surface area (Å²) in [6, 6.07) is 12.4. The van der Waals surface area contributed by atoms with Gasteiger partial charge in [-0.2, -0.15) is 0 Å². The molecule has 3 rings (SSSR count). The first kappa shape index (κ1) is 23.1. The number of hydrogen-bond donors (Lipinski definition) is 0. The van der Waals surface area contributed by atoms with Gasteiger partial charge in [-0.1, -0.05) is 40.6 Å². The molecule has 0 saturated carbocycles. The minimum atomic E-state index is 0.129. The Labute approximate surface area is 192 Å². The highest BCUT2D eigenvalue weighted by atomic mass is 35.5. The minimum absolute atomic E-state index is 0.129. The number of nitrogens with zero attached hydrogens (tertiary/aromatic N) is 3. The van der Waals surface area contributed by atoms with Gasteiger partial charge < -0.3 is 4.90 Å². The van der Waals surface area contributed by atoms with Gasteiger partial charge in [0.05, 0.1) is 10.2 Å². The van der Waals surface area contributed by atoms with E-state index in [1.54, 1.807) is 11.8 Å². The number of benzene rings is 2. The van der Waals surface area contributed by atoms with Crippen molar-refractivity contribution in [1.29, 1.82) is 0 Å². The number of amides is 1. The van der Waals surface area contributed by atoms with E-state index in [1.165, 1.54) is 21.8 Å². The van der Waals surface area contributed by atoms with Crippen LogP contribution in [0.25, 0.3) is 10.2 Å². The highest BCUT2D eigenvalue weighted by molar-refractivity contribution is 7.99. The fraction of sp³-hybridized carbons (Fsp3) is 0.391. The van der Waals surface area contributed by atoms with Gasteiger partial charge in [-0.25, -0.2) is 4.98 Å². The van der Waals surface area contributed by atoms with E-state index in [9.17, 15) is 4.79 Å². The zero-order valence-corrected chi connectivity index (χ0v) is 20.3. The topological polar surface area (TPSA) is 36.4 Å². The molecule has 0 radical (unpaired) electrons. The molecule has 1 aromatic heterocycles. The van der Waals surface area contributed by atoms with E-state index in [0.717, 1.165) is 39.6 Å². The molecule has 1 heterocycles. The van der Waals surface area contributed by atoms with Gasteiger partial charge in [0.1, 0.15) is 0 Å². The lowest BCUT2D eigenvalue weighted by Crippen LogP contribution is -2.36. The van der Waals surface area contributed by atoms with Crippen LogP contribution in [0.2, 0.25) is 5.02 Å². The summed E-state index contributed by atoms with van der Waals surface area (Å²) in [5, 5.41) is 1.46. The van der Waals surface area contributed by atoms with Crippen molar-refractivity contribution in [3.05, 3.63) is 52.5 Å².